The molecule has 0 radical (unpaired) electrons. The van der Waals surface area contributed by atoms with Gasteiger partial charge in [-0.3, -0.25) is 14.3 Å². The Hall–Kier alpha value is -0.650. The van der Waals surface area contributed by atoms with Crippen molar-refractivity contribution >= 4 is 10.4 Å². The summed E-state index contributed by atoms with van der Waals surface area (Å²) in [7, 11) is -4.31. The number of hydrogen-bond donors (Lipinski definition) is 3. The Morgan fingerprint density at radius 2 is 1.62 bits per heavy atom. The van der Waals surface area contributed by atoms with Crippen LogP contribution in [-0.4, -0.2) is 104 Å². The Bertz CT molecular complexity index is 662. The van der Waals surface area contributed by atoms with Gasteiger partial charge in [-0.15, -0.1) is 0 Å². The standard InChI is InChI=1S/C14H26O17S/c1-5-8(16)6(3-15)25-14(10(5)28-31-19)27-11-7(4-24-30-18)26-13(23-2)12(9(11)17)29-32(20,21)22/h5-19H,3-4H2,1-2H3,(H,20,21,22)/p-3/t5-,6?,7?,8+,9?,10?,11-,12-,13+,14-/m0/s1. The molecule has 0 bridgehead atoms. The minimum absolute atomic E-state index is 0.678. The number of aliphatic hydroxyl groups is 3. The van der Waals surface area contributed by atoms with E-state index in [1.54, 1.807) is 0 Å². The molecule has 2 saturated heterocycles. The molecule has 10 atom stereocenters. The molecule has 190 valence electrons. The molecule has 18 heteroatoms. The predicted molar refractivity (Wildman–Crippen MR) is 85.0 cm³/mol. The van der Waals surface area contributed by atoms with E-state index < -0.39 is 84.8 Å². The summed E-state index contributed by atoms with van der Waals surface area (Å²) in [5.74, 6) is -0.915. The van der Waals surface area contributed by atoms with Gasteiger partial charge in [-0.05, 0) is 0 Å². The van der Waals surface area contributed by atoms with E-state index in [-0.39, 0.29) is 0 Å². The number of hydrogen-bond acceptors (Lipinski definition) is 17. The molecular formula is C14H23O17S-3. The number of rotatable bonds is 11. The first-order valence-electron chi connectivity index (χ1n) is 9.04. The molecule has 2 aliphatic heterocycles. The molecule has 2 aliphatic rings. The van der Waals surface area contributed by atoms with Crippen LogP contribution in [0.4, 0.5) is 0 Å². The van der Waals surface area contributed by atoms with Crippen LogP contribution in [0.25, 0.3) is 0 Å². The zero-order valence-corrected chi connectivity index (χ0v) is 17.5. The molecule has 0 aromatic heterocycles. The molecule has 0 spiro atoms. The summed E-state index contributed by atoms with van der Waals surface area (Å²) in [5.41, 5.74) is 0. The first-order valence-corrected chi connectivity index (χ1v) is 10.4. The summed E-state index contributed by atoms with van der Waals surface area (Å²) in [6.45, 7) is 0.0365. The highest BCUT2D eigenvalue weighted by Gasteiger charge is 2.52. The summed E-state index contributed by atoms with van der Waals surface area (Å²) < 4.78 is 58.7. The van der Waals surface area contributed by atoms with E-state index in [1.807, 2.05) is 0 Å². The molecule has 17 nitrogen and oxygen atoms in total. The van der Waals surface area contributed by atoms with E-state index in [1.165, 1.54) is 6.92 Å². The SMILES string of the molecule is CO[C@@H]1OC(COO[O-])[C@H](O[C@@H]2OC(CO)[C@H](O)[C@H](C)C2OO[O-])C(O)[C@@H]1OS(=O)(=O)[O-]. The van der Waals surface area contributed by atoms with E-state index in [0.29, 0.717) is 0 Å². The minimum Gasteiger partial charge on any atom is -0.726 e. The molecule has 32 heavy (non-hydrogen) atoms. The van der Waals surface area contributed by atoms with Gasteiger partial charge in [0.1, 0.15) is 37.1 Å². The number of methoxy groups -OCH3 is 1. The molecule has 3 N–H and O–H groups in total. The van der Waals surface area contributed by atoms with Crippen molar-refractivity contribution in [2.75, 3.05) is 20.3 Å². The normalized spacial score (nSPS) is 41.0. The molecule has 2 rings (SSSR count). The van der Waals surface area contributed by atoms with Crippen LogP contribution in [-0.2, 0) is 53.4 Å². The predicted octanol–water partition coefficient (Wildman–Crippen LogP) is -5.52. The zero-order chi connectivity index (χ0) is 24.1. The van der Waals surface area contributed by atoms with Crippen LogP contribution in [0.15, 0.2) is 0 Å². The zero-order valence-electron chi connectivity index (χ0n) is 16.7. The molecule has 0 aliphatic carbocycles. The lowest BCUT2D eigenvalue weighted by Crippen LogP contribution is -2.64. The number of ether oxygens (including phenoxy) is 4. The molecule has 0 aromatic rings. The van der Waals surface area contributed by atoms with Gasteiger partial charge in [0, 0.05) is 13.0 Å². The molecular weight excluding hydrogens is 472 g/mol. The van der Waals surface area contributed by atoms with Crippen molar-refractivity contribution in [3.05, 3.63) is 0 Å². The highest BCUT2D eigenvalue weighted by atomic mass is 32.3. The van der Waals surface area contributed by atoms with Crippen LogP contribution in [0.5, 0.6) is 0 Å². The molecule has 2 fully saturated rings. The van der Waals surface area contributed by atoms with Gasteiger partial charge in [-0.2, -0.15) is 0 Å². The van der Waals surface area contributed by atoms with Crippen molar-refractivity contribution < 1.29 is 81.8 Å². The third-order valence-electron chi connectivity index (χ3n) is 5.00. The van der Waals surface area contributed by atoms with Crippen molar-refractivity contribution in [1.82, 2.24) is 0 Å². The molecule has 0 amide bonds. The maximum atomic E-state index is 11.1. The monoisotopic (exact) mass is 495 g/mol. The lowest BCUT2D eigenvalue weighted by molar-refractivity contribution is -0.809. The Kier molecular flexibility index (Phi) is 10.5. The quantitative estimate of drug-likeness (QED) is 0.105. The van der Waals surface area contributed by atoms with Crippen LogP contribution in [0.2, 0.25) is 0 Å². The lowest BCUT2D eigenvalue weighted by Gasteiger charge is -2.47. The maximum absolute atomic E-state index is 11.1. The Labute approximate surface area is 181 Å². The van der Waals surface area contributed by atoms with Gasteiger partial charge in [0.05, 0.1) is 12.7 Å². The fourth-order valence-corrected chi connectivity index (χ4v) is 3.90. The van der Waals surface area contributed by atoms with E-state index in [0.717, 1.165) is 7.11 Å². The van der Waals surface area contributed by atoms with Crippen molar-refractivity contribution in [2.45, 2.75) is 62.2 Å². The summed E-state index contributed by atoms with van der Waals surface area (Å²) in [6, 6.07) is 0. The summed E-state index contributed by atoms with van der Waals surface area (Å²) in [4.78, 5) is 8.79. The third kappa shape index (κ3) is 6.70. The smallest absolute Gasteiger partial charge is 0.218 e. The van der Waals surface area contributed by atoms with Gasteiger partial charge in [0.15, 0.2) is 18.7 Å². The van der Waals surface area contributed by atoms with Crippen molar-refractivity contribution in [3.63, 3.8) is 0 Å². The molecule has 0 saturated carbocycles. The van der Waals surface area contributed by atoms with Crippen molar-refractivity contribution in [3.8, 4) is 0 Å². The van der Waals surface area contributed by atoms with Crippen molar-refractivity contribution in [1.29, 1.82) is 0 Å². The molecule has 2 heterocycles. The van der Waals surface area contributed by atoms with Gasteiger partial charge >= 0.3 is 0 Å². The second-order valence-electron chi connectivity index (χ2n) is 6.90. The first kappa shape index (κ1) is 27.6. The highest BCUT2D eigenvalue weighted by Crippen LogP contribution is 2.33. The maximum Gasteiger partial charge on any atom is 0.218 e. The van der Waals surface area contributed by atoms with E-state index in [4.69, 9.17) is 18.9 Å². The largest absolute Gasteiger partial charge is 0.726 e. The van der Waals surface area contributed by atoms with Gasteiger partial charge in [0.25, 0.3) is 0 Å². The first-order chi connectivity index (χ1) is 15.1. The summed E-state index contributed by atoms with van der Waals surface area (Å²) in [5, 5.41) is 57.7. The van der Waals surface area contributed by atoms with Crippen molar-refractivity contribution in [2.24, 2.45) is 5.92 Å². The van der Waals surface area contributed by atoms with E-state index in [2.05, 4.69) is 24.0 Å². The molecule has 4 unspecified atom stereocenters. The fourth-order valence-electron chi connectivity index (χ4n) is 3.42. The average Bonchev–Trinajstić information content (AvgIpc) is 2.74. The van der Waals surface area contributed by atoms with Crippen LogP contribution < -0.4 is 10.5 Å². The summed E-state index contributed by atoms with van der Waals surface area (Å²) in [6.07, 6.45) is -14.2. The topological polar surface area (TPSA) is 247 Å². The highest BCUT2D eigenvalue weighted by molar-refractivity contribution is 7.80. The Morgan fingerprint density at radius 1 is 0.969 bits per heavy atom. The molecule has 0 aromatic carbocycles. The van der Waals surface area contributed by atoms with Gasteiger partial charge in [-0.1, -0.05) is 6.92 Å². The number of aliphatic hydroxyl groups excluding tert-OH is 3. The Balaban J connectivity index is 2.32. The summed E-state index contributed by atoms with van der Waals surface area (Å²) >= 11 is 0. The third-order valence-corrected chi connectivity index (χ3v) is 5.45. The van der Waals surface area contributed by atoms with Crippen LogP contribution in [0.3, 0.4) is 0 Å². The van der Waals surface area contributed by atoms with E-state index >= 15 is 0 Å². The average molecular weight is 495 g/mol. The fraction of sp³-hybridized carbons (Fsp3) is 1.00. The lowest BCUT2D eigenvalue weighted by atomic mass is 9.90. The van der Waals surface area contributed by atoms with Gasteiger partial charge in [0.2, 0.25) is 10.4 Å². The Morgan fingerprint density at radius 3 is 2.16 bits per heavy atom. The van der Waals surface area contributed by atoms with Gasteiger partial charge in [-0.25, -0.2) is 18.2 Å². The van der Waals surface area contributed by atoms with E-state index in [9.17, 15) is 38.8 Å². The van der Waals surface area contributed by atoms with Crippen LogP contribution in [0.1, 0.15) is 6.92 Å². The van der Waals surface area contributed by atoms with Crippen LogP contribution in [0, 0.1) is 5.92 Å². The van der Waals surface area contributed by atoms with Gasteiger partial charge < -0.3 is 49.3 Å². The minimum atomic E-state index is -5.35. The second-order valence-corrected chi connectivity index (χ2v) is 7.90. The second kappa shape index (κ2) is 12.2. The van der Waals surface area contributed by atoms with Crippen LogP contribution >= 0.6 is 0 Å².